The molecule has 2 nitrogen and oxygen atoms in total. The van der Waals surface area contributed by atoms with Gasteiger partial charge in [-0.15, -0.1) is 0 Å². The predicted molar refractivity (Wildman–Crippen MR) is 76.1 cm³/mol. The van der Waals surface area contributed by atoms with Gasteiger partial charge in [-0.05, 0) is 37.4 Å². The van der Waals surface area contributed by atoms with Crippen molar-refractivity contribution < 1.29 is 4.74 Å². The molecule has 0 radical (unpaired) electrons. The lowest BCUT2D eigenvalue weighted by atomic mass is 9.88. The van der Waals surface area contributed by atoms with Gasteiger partial charge >= 0.3 is 0 Å². The Balaban J connectivity index is 2.00. The zero-order chi connectivity index (χ0) is 12.8. The van der Waals surface area contributed by atoms with Crippen molar-refractivity contribution in [1.82, 2.24) is 5.32 Å². The molecule has 2 unspecified atom stereocenters. The first kappa shape index (κ1) is 13.4. The Bertz CT molecular complexity index is 364. The summed E-state index contributed by atoms with van der Waals surface area (Å²) in [5, 5.41) is 3.69. The fourth-order valence-corrected chi connectivity index (χ4v) is 2.76. The summed E-state index contributed by atoms with van der Waals surface area (Å²) in [7, 11) is 0. The molecule has 0 aromatic heterocycles. The number of fused-ring (bicyclic) bond motifs is 1. The second-order valence-electron chi connectivity index (χ2n) is 5.23. The molecule has 0 fully saturated rings. The van der Waals surface area contributed by atoms with E-state index in [1.54, 1.807) is 0 Å². The summed E-state index contributed by atoms with van der Waals surface area (Å²) in [6, 6.07) is 9.05. The molecule has 2 heteroatoms. The Morgan fingerprint density at radius 2 is 2.11 bits per heavy atom. The first-order chi connectivity index (χ1) is 8.85. The molecule has 0 bridgehead atoms. The van der Waals surface area contributed by atoms with Crippen molar-refractivity contribution in [2.75, 3.05) is 13.2 Å². The lowest BCUT2D eigenvalue weighted by Crippen LogP contribution is -2.42. The summed E-state index contributed by atoms with van der Waals surface area (Å²) in [4.78, 5) is 0. The van der Waals surface area contributed by atoms with Crippen molar-refractivity contribution in [2.24, 2.45) is 5.92 Å². The van der Waals surface area contributed by atoms with Gasteiger partial charge in [0.25, 0.3) is 0 Å². The van der Waals surface area contributed by atoms with E-state index in [-0.39, 0.29) is 0 Å². The topological polar surface area (TPSA) is 21.3 Å². The van der Waals surface area contributed by atoms with Gasteiger partial charge in [-0.25, -0.2) is 0 Å². The maximum absolute atomic E-state index is 5.90. The van der Waals surface area contributed by atoms with Crippen LogP contribution >= 0.6 is 0 Å². The van der Waals surface area contributed by atoms with Gasteiger partial charge in [-0.2, -0.15) is 0 Å². The van der Waals surface area contributed by atoms with E-state index >= 15 is 0 Å². The van der Waals surface area contributed by atoms with Gasteiger partial charge in [-0.1, -0.05) is 38.5 Å². The maximum atomic E-state index is 5.90. The Labute approximate surface area is 111 Å². The van der Waals surface area contributed by atoms with Crippen LogP contribution in [-0.4, -0.2) is 19.2 Å². The number of nitrogens with one attached hydrogen (secondary N) is 1. The molecule has 0 saturated heterocycles. The number of hydrogen-bond acceptors (Lipinski definition) is 2. The second-order valence-corrected chi connectivity index (χ2v) is 5.23. The van der Waals surface area contributed by atoms with E-state index in [0.29, 0.717) is 12.0 Å². The molecule has 2 atom stereocenters. The van der Waals surface area contributed by atoms with Gasteiger partial charge in [-0.3, -0.25) is 0 Å². The van der Waals surface area contributed by atoms with E-state index in [9.17, 15) is 0 Å². The van der Waals surface area contributed by atoms with Crippen LogP contribution in [0.4, 0.5) is 0 Å². The summed E-state index contributed by atoms with van der Waals surface area (Å²) in [5.41, 5.74) is 1.37. The third kappa shape index (κ3) is 3.26. The molecular formula is C16H25NO. The summed E-state index contributed by atoms with van der Waals surface area (Å²) in [6.45, 7) is 6.46. The van der Waals surface area contributed by atoms with Crippen LogP contribution in [0.2, 0.25) is 0 Å². The summed E-state index contributed by atoms with van der Waals surface area (Å²) in [5.74, 6) is 1.70. The number of hydrogen-bond donors (Lipinski definition) is 1. The highest BCUT2D eigenvalue weighted by atomic mass is 16.5. The molecule has 1 aliphatic heterocycles. The van der Waals surface area contributed by atoms with Gasteiger partial charge in [0.05, 0.1) is 6.61 Å². The molecule has 1 aromatic rings. The quantitative estimate of drug-likeness (QED) is 0.832. The van der Waals surface area contributed by atoms with Gasteiger partial charge in [0.1, 0.15) is 5.75 Å². The number of rotatable bonds is 6. The summed E-state index contributed by atoms with van der Waals surface area (Å²) < 4.78 is 5.90. The van der Waals surface area contributed by atoms with E-state index in [1.807, 2.05) is 0 Å². The third-order valence-corrected chi connectivity index (χ3v) is 3.73. The molecular weight excluding hydrogens is 222 g/mol. The van der Waals surface area contributed by atoms with Gasteiger partial charge < -0.3 is 10.1 Å². The van der Waals surface area contributed by atoms with Crippen molar-refractivity contribution in [3.63, 3.8) is 0 Å². The fourth-order valence-electron chi connectivity index (χ4n) is 2.76. The zero-order valence-electron chi connectivity index (χ0n) is 11.6. The van der Waals surface area contributed by atoms with Crippen molar-refractivity contribution >= 4 is 0 Å². The van der Waals surface area contributed by atoms with Crippen LogP contribution in [-0.2, 0) is 6.42 Å². The van der Waals surface area contributed by atoms with E-state index in [2.05, 4.69) is 43.4 Å². The van der Waals surface area contributed by atoms with Gasteiger partial charge in [0, 0.05) is 12.0 Å². The standard InChI is InChI=1S/C16H25NO/c1-3-7-15(17-10-4-2)14-11-13-8-5-6-9-16(13)18-12-14/h5-6,8-9,14-15,17H,3-4,7,10-12H2,1-2H3. The van der Waals surface area contributed by atoms with Crippen LogP contribution < -0.4 is 10.1 Å². The average molecular weight is 247 g/mol. The largest absolute Gasteiger partial charge is 0.493 e. The normalized spacial score (nSPS) is 20.0. The minimum Gasteiger partial charge on any atom is -0.493 e. The van der Waals surface area contributed by atoms with Crippen LogP contribution in [0.3, 0.4) is 0 Å². The minimum atomic E-state index is 0.600. The van der Waals surface area contributed by atoms with E-state index < -0.39 is 0 Å². The Kier molecular flexibility index (Phi) is 5.06. The number of ether oxygens (including phenoxy) is 1. The predicted octanol–water partition coefficient (Wildman–Crippen LogP) is 3.41. The van der Waals surface area contributed by atoms with Crippen molar-refractivity contribution in [1.29, 1.82) is 0 Å². The summed E-state index contributed by atoms with van der Waals surface area (Å²) in [6.07, 6.45) is 4.83. The lowest BCUT2D eigenvalue weighted by molar-refractivity contribution is 0.179. The van der Waals surface area contributed by atoms with E-state index in [4.69, 9.17) is 4.74 Å². The van der Waals surface area contributed by atoms with Gasteiger partial charge in [0.2, 0.25) is 0 Å². The Morgan fingerprint density at radius 1 is 1.28 bits per heavy atom. The zero-order valence-corrected chi connectivity index (χ0v) is 11.6. The van der Waals surface area contributed by atoms with Crippen molar-refractivity contribution in [3.8, 4) is 5.75 Å². The highest BCUT2D eigenvalue weighted by Gasteiger charge is 2.26. The summed E-state index contributed by atoms with van der Waals surface area (Å²) >= 11 is 0. The third-order valence-electron chi connectivity index (χ3n) is 3.73. The molecule has 0 aliphatic carbocycles. The van der Waals surface area contributed by atoms with Gasteiger partial charge in [0.15, 0.2) is 0 Å². The van der Waals surface area contributed by atoms with Crippen molar-refractivity contribution in [3.05, 3.63) is 29.8 Å². The van der Waals surface area contributed by atoms with Crippen LogP contribution in [0.1, 0.15) is 38.7 Å². The molecule has 0 amide bonds. The maximum Gasteiger partial charge on any atom is 0.122 e. The highest BCUT2D eigenvalue weighted by Crippen LogP contribution is 2.29. The smallest absolute Gasteiger partial charge is 0.122 e. The van der Waals surface area contributed by atoms with Crippen LogP contribution in [0.15, 0.2) is 24.3 Å². The van der Waals surface area contributed by atoms with Crippen LogP contribution in [0.25, 0.3) is 0 Å². The highest BCUT2D eigenvalue weighted by molar-refractivity contribution is 5.35. The molecule has 0 spiro atoms. The monoisotopic (exact) mass is 247 g/mol. The molecule has 1 aromatic carbocycles. The van der Waals surface area contributed by atoms with Crippen LogP contribution in [0.5, 0.6) is 5.75 Å². The molecule has 1 heterocycles. The second kappa shape index (κ2) is 6.79. The van der Waals surface area contributed by atoms with E-state index in [1.165, 1.54) is 24.8 Å². The lowest BCUT2D eigenvalue weighted by Gasteiger charge is -2.32. The molecule has 1 aliphatic rings. The molecule has 18 heavy (non-hydrogen) atoms. The molecule has 0 saturated carbocycles. The number of benzene rings is 1. The molecule has 2 rings (SSSR count). The minimum absolute atomic E-state index is 0.600. The fraction of sp³-hybridized carbons (Fsp3) is 0.625. The first-order valence-corrected chi connectivity index (χ1v) is 7.29. The van der Waals surface area contributed by atoms with Crippen molar-refractivity contribution in [2.45, 2.75) is 45.6 Å². The Morgan fingerprint density at radius 3 is 2.89 bits per heavy atom. The molecule has 1 N–H and O–H groups in total. The Hall–Kier alpha value is -1.02. The molecule has 100 valence electrons. The number of para-hydroxylation sites is 1. The first-order valence-electron chi connectivity index (χ1n) is 7.29. The van der Waals surface area contributed by atoms with Crippen LogP contribution in [0, 0.1) is 5.92 Å². The van der Waals surface area contributed by atoms with E-state index in [0.717, 1.165) is 25.3 Å². The SMILES string of the molecule is CCCNC(CCC)C1COc2ccccc2C1. The average Bonchev–Trinajstić information content (AvgIpc) is 2.43.